The van der Waals surface area contributed by atoms with Crippen LogP contribution < -0.4 is 14.8 Å². The summed E-state index contributed by atoms with van der Waals surface area (Å²) >= 11 is 5.98. The highest BCUT2D eigenvalue weighted by Gasteiger charge is 2.21. The van der Waals surface area contributed by atoms with Crippen molar-refractivity contribution < 1.29 is 32.2 Å². The largest absolute Gasteiger partial charge is 0.497 e. The number of carbonyl (C=O) groups excluding carboxylic acids is 2. The molecule has 1 N–H and O–H groups in total. The standard InChI is InChI=1S/C21H23ClN2O7S/c1-24(2)32(27,28)19-11-15(7-9-17(19)22)23-20(25)13-31-21(26)10-6-14-5-8-16(29-3)12-18(14)30-4/h5-12H,13H2,1-4H3,(H,23,25)/b10-6+. The third-order valence-corrected chi connectivity index (χ3v) is 6.46. The fourth-order valence-corrected chi connectivity index (χ4v) is 3.87. The van der Waals surface area contributed by atoms with Crippen LogP contribution in [0.5, 0.6) is 11.5 Å². The molecule has 0 radical (unpaired) electrons. The summed E-state index contributed by atoms with van der Waals surface area (Å²) in [5.74, 6) is -0.298. The lowest BCUT2D eigenvalue weighted by Gasteiger charge is -2.14. The molecule has 0 saturated heterocycles. The normalized spacial score (nSPS) is 11.4. The molecule has 0 fully saturated rings. The molecule has 172 valence electrons. The number of nitrogens with one attached hydrogen (secondary N) is 1. The van der Waals surface area contributed by atoms with Crippen LogP contribution in [0.3, 0.4) is 0 Å². The highest BCUT2D eigenvalue weighted by Crippen LogP contribution is 2.27. The van der Waals surface area contributed by atoms with Crippen LogP contribution in [0.2, 0.25) is 5.02 Å². The minimum atomic E-state index is -3.80. The van der Waals surface area contributed by atoms with E-state index in [-0.39, 0.29) is 15.6 Å². The van der Waals surface area contributed by atoms with Crippen molar-refractivity contribution in [2.24, 2.45) is 0 Å². The van der Waals surface area contributed by atoms with Gasteiger partial charge >= 0.3 is 5.97 Å². The number of esters is 1. The van der Waals surface area contributed by atoms with Gasteiger partial charge in [-0.05, 0) is 36.4 Å². The van der Waals surface area contributed by atoms with Gasteiger partial charge in [-0.1, -0.05) is 11.6 Å². The summed E-state index contributed by atoms with van der Waals surface area (Å²) in [5.41, 5.74) is 0.805. The van der Waals surface area contributed by atoms with Crippen molar-refractivity contribution >= 4 is 45.3 Å². The van der Waals surface area contributed by atoms with E-state index in [0.29, 0.717) is 17.1 Å². The summed E-state index contributed by atoms with van der Waals surface area (Å²) in [7, 11) is 1.95. The second-order valence-corrected chi connectivity index (χ2v) is 9.06. The lowest BCUT2D eigenvalue weighted by molar-refractivity contribution is -0.142. The van der Waals surface area contributed by atoms with Crippen molar-refractivity contribution in [3.05, 3.63) is 53.1 Å². The third-order valence-electron chi connectivity index (χ3n) is 4.16. The molecular formula is C21H23ClN2O7S. The predicted octanol–water partition coefficient (Wildman–Crippen LogP) is 2.80. The summed E-state index contributed by atoms with van der Waals surface area (Å²) in [6, 6.07) is 9.09. The Morgan fingerprint density at radius 1 is 1.09 bits per heavy atom. The van der Waals surface area contributed by atoms with E-state index in [1.807, 2.05) is 0 Å². The number of hydrogen-bond acceptors (Lipinski definition) is 7. The minimum absolute atomic E-state index is 0.0159. The van der Waals surface area contributed by atoms with E-state index >= 15 is 0 Å². The van der Waals surface area contributed by atoms with Gasteiger partial charge in [-0.15, -0.1) is 0 Å². The number of benzene rings is 2. The fourth-order valence-electron chi connectivity index (χ4n) is 2.47. The first-order valence-corrected chi connectivity index (χ1v) is 11.0. The average molecular weight is 483 g/mol. The van der Waals surface area contributed by atoms with Gasteiger partial charge in [0.1, 0.15) is 16.4 Å². The van der Waals surface area contributed by atoms with Crippen LogP contribution in [0.15, 0.2) is 47.4 Å². The van der Waals surface area contributed by atoms with Crippen LogP contribution in [-0.2, 0) is 24.3 Å². The molecule has 0 aliphatic heterocycles. The first kappa shape index (κ1) is 25.2. The Hall–Kier alpha value is -3.08. The van der Waals surface area contributed by atoms with Gasteiger partial charge in [0.15, 0.2) is 6.61 Å². The van der Waals surface area contributed by atoms with E-state index in [2.05, 4.69) is 5.32 Å². The van der Waals surface area contributed by atoms with Gasteiger partial charge < -0.3 is 19.5 Å². The molecule has 0 aliphatic carbocycles. The van der Waals surface area contributed by atoms with Gasteiger partial charge in [-0.2, -0.15) is 0 Å². The maximum atomic E-state index is 12.3. The molecular weight excluding hydrogens is 460 g/mol. The monoisotopic (exact) mass is 482 g/mol. The first-order valence-electron chi connectivity index (χ1n) is 9.17. The van der Waals surface area contributed by atoms with Crippen molar-refractivity contribution in [1.82, 2.24) is 4.31 Å². The second-order valence-electron chi connectivity index (χ2n) is 6.53. The molecule has 9 nitrogen and oxygen atoms in total. The van der Waals surface area contributed by atoms with Crippen molar-refractivity contribution in [2.75, 3.05) is 40.2 Å². The first-order chi connectivity index (χ1) is 15.1. The van der Waals surface area contributed by atoms with Crippen LogP contribution in [0, 0.1) is 0 Å². The molecule has 11 heteroatoms. The van der Waals surface area contributed by atoms with E-state index in [4.69, 9.17) is 25.8 Å². The number of halogens is 1. The average Bonchev–Trinajstić information content (AvgIpc) is 2.77. The van der Waals surface area contributed by atoms with Crippen molar-refractivity contribution in [3.63, 3.8) is 0 Å². The minimum Gasteiger partial charge on any atom is -0.497 e. The maximum Gasteiger partial charge on any atom is 0.331 e. The Kier molecular flexibility index (Phi) is 8.64. The maximum absolute atomic E-state index is 12.3. The lowest BCUT2D eigenvalue weighted by Crippen LogP contribution is -2.23. The number of hydrogen-bond donors (Lipinski definition) is 1. The number of sulfonamides is 1. The summed E-state index contributed by atoms with van der Waals surface area (Å²) in [6.07, 6.45) is 2.64. The summed E-state index contributed by atoms with van der Waals surface area (Å²) in [4.78, 5) is 23.9. The zero-order chi connectivity index (χ0) is 23.9. The highest BCUT2D eigenvalue weighted by atomic mass is 35.5. The van der Waals surface area contributed by atoms with Crippen LogP contribution in [0.4, 0.5) is 5.69 Å². The Morgan fingerprint density at radius 3 is 2.44 bits per heavy atom. The van der Waals surface area contributed by atoms with Gasteiger partial charge in [0.2, 0.25) is 10.0 Å². The van der Waals surface area contributed by atoms with E-state index in [1.165, 1.54) is 52.6 Å². The number of ether oxygens (including phenoxy) is 3. The molecule has 0 atom stereocenters. The molecule has 0 aliphatic rings. The van der Waals surface area contributed by atoms with E-state index in [1.54, 1.807) is 18.2 Å². The van der Waals surface area contributed by atoms with Crippen LogP contribution in [-0.4, -0.2) is 59.5 Å². The second kappa shape index (κ2) is 11.0. The zero-order valence-electron chi connectivity index (χ0n) is 17.9. The molecule has 0 saturated carbocycles. The molecule has 2 rings (SSSR count). The third kappa shape index (κ3) is 6.46. The summed E-state index contributed by atoms with van der Waals surface area (Å²) < 4.78 is 40.9. The van der Waals surface area contributed by atoms with Gasteiger partial charge in [-0.3, -0.25) is 4.79 Å². The fraction of sp³-hybridized carbons (Fsp3) is 0.238. The summed E-state index contributed by atoms with van der Waals surface area (Å²) in [5, 5.41) is 2.48. The van der Waals surface area contributed by atoms with Crippen molar-refractivity contribution in [1.29, 1.82) is 0 Å². The smallest absolute Gasteiger partial charge is 0.331 e. The predicted molar refractivity (Wildman–Crippen MR) is 120 cm³/mol. The number of nitrogens with zero attached hydrogens (tertiary/aromatic N) is 1. The Morgan fingerprint density at radius 2 is 1.81 bits per heavy atom. The van der Waals surface area contributed by atoms with E-state index in [0.717, 1.165) is 10.4 Å². The Bertz CT molecular complexity index is 1130. The van der Waals surface area contributed by atoms with Crippen LogP contribution in [0.25, 0.3) is 6.08 Å². The molecule has 2 aromatic rings. The molecule has 0 aromatic heterocycles. The number of carbonyl (C=O) groups is 2. The topological polar surface area (TPSA) is 111 Å². The number of rotatable bonds is 9. The van der Waals surface area contributed by atoms with Gasteiger partial charge in [0.05, 0.1) is 19.2 Å². The quantitative estimate of drug-likeness (QED) is 0.432. The van der Waals surface area contributed by atoms with E-state index < -0.39 is 28.5 Å². The van der Waals surface area contributed by atoms with Gasteiger partial charge in [0.25, 0.3) is 5.91 Å². The van der Waals surface area contributed by atoms with E-state index in [9.17, 15) is 18.0 Å². The molecule has 2 aromatic carbocycles. The molecule has 0 heterocycles. The van der Waals surface area contributed by atoms with Crippen LogP contribution in [0.1, 0.15) is 5.56 Å². The lowest BCUT2D eigenvalue weighted by atomic mass is 10.2. The van der Waals surface area contributed by atoms with Gasteiger partial charge in [0, 0.05) is 37.5 Å². The molecule has 0 spiro atoms. The highest BCUT2D eigenvalue weighted by molar-refractivity contribution is 7.89. The molecule has 0 unspecified atom stereocenters. The molecule has 0 bridgehead atoms. The zero-order valence-corrected chi connectivity index (χ0v) is 19.5. The van der Waals surface area contributed by atoms with Crippen molar-refractivity contribution in [2.45, 2.75) is 4.90 Å². The SMILES string of the molecule is COc1ccc(/C=C/C(=O)OCC(=O)Nc2ccc(Cl)c(S(=O)(=O)N(C)C)c2)c(OC)c1. The molecule has 32 heavy (non-hydrogen) atoms. The molecule has 1 amide bonds. The van der Waals surface area contributed by atoms with Crippen molar-refractivity contribution in [3.8, 4) is 11.5 Å². The van der Waals surface area contributed by atoms with Crippen LogP contribution >= 0.6 is 11.6 Å². The summed E-state index contributed by atoms with van der Waals surface area (Å²) in [6.45, 7) is -0.568. The van der Waals surface area contributed by atoms with Gasteiger partial charge in [-0.25, -0.2) is 17.5 Å². The Labute approximate surface area is 191 Å². The number of amides is 1. The number of methoxy groups -OCH3 is 2. The number of anilines is 1. The Balaban J connectivity index is 1.99.